The second-order valence-electron chi connectivity index (χ2n) is 8.04. The predicted octanol–water partition coefficient (Wildman–Crippen LogP) is 4.48. The normalized spacial score (nSPS) is 17.7. The van der Waals surface area contributed by atoms with Crippen molar-refractivity contribution in [2.75, 3.05) is 60.1 Å². The first-order valence-corrected chi connectivity index (χ1v) is 13.8. The summed E-state index contributed by atoms with van der Waals surface area (Å²) in [7, 11) is 0. The molecule has 0 bridgehead atoms. The van der Waals surface area contributed by atoms with Gasteiger partial charge in [-0.3, -0.25) is 9.59 Å². The van der Waals surface area contributed by atoms with E-state index >= 15 is 0 Å². The van der Waals surface area contributed by atoms with Crippen molar-refractivity contribution in [1.82, 2.24) is 0 Å². The van der Waals surface area contributed by atoms with Crippen LogP contribution in [0, 0.1) is 0 Å². The number of amides is 2. The standard InChI is InChI=1S/C26H26N2O5S2/c27-21-6-5-20-24-18(21)2-1-3-19(24)25(29)28(26(20)30)17-4-7-22-23(16-17)33-11-15-35-13-9-31-8-12-34-14-10-32-22/h1-7,16H,8-15,27H2. The van der Waals surface area contributed by atoms with Gasteiger partial charge in [-0.15, -0.1) is 0 Å². The molecule has 0 aromatic heterocycles. The number of fused-ring (bicyclic) bond motifs is 1. The molecule has 0 radical (unpaired) electrons. The molecule has 9 heteroatoms. The van der Waals surface area contributed by atoms with Gasteiger partial charge in [0, 0.05) is 56.7 Å². The molecule has 35 heavy (non-hydrogen) atoms. The van der Waals surface area contributed by atoms with Crippen molar-refractivity contribution < 1.29 is 23.8 Å². The Labute approximate surface area is 212 Å². The van der Waals surface area contributed by atoms with Crippen LogP contribution in [0.25, 0.3) is 10.8 Å². The van der Waals surface area contributed by atoms with Crippen LogP contribution in [-0.4, -0.2) is 61.3 Å². The van der Waals surface area contributed by atoms with Crippen LogP contribution in [0.3, 0.4) is 0 Å². The molecule has 182 valence electrons. The largest absolute Gasteiger partial charge is 0.489 e. The number of hydrogen-bond acceptors (Lipinski definition) is 8. The molecule has 0 aliphatic carbocycles. The number of nitrogen functional groups attached to an aromatic ring is 1. The van der Waals surface area contributed by atoms with Crippen LogP contribution >= 0.6 is 23.5 Å². The molecule has 0 atom stereocenters. The molecule has 2 heterocycles. The lowest BCUT2D eigenvalue weighted by Gasteiger charge is -2.28. The predicted molar refractivity (Wildman–Crippen MR) is 142 cm³/mol. The summed E-state index contributed by atoms with van der Waals surface area (Å²) in [5, 5.41) is 1.31. The third-order valence-corrected chi connectivity index (χ3v) is 7.66. The van der Waals surface area contributed by atoms with Gasteiger partial charge < -0.3 is 19.9 Å². The molecule has 0 saturated carbocycles. The van der Waals surface area contributed by atoms with Crippen LogP contribution in [0.1, 0.15) is 20.7 Å². The lowest BCUT2D eigenvalue weighted by molar-refractivity contribution is 0.0893. The number of thioether (sulfide) groups is 2. The van der Waals surface area contributed by atoms with E-state index in [4.69, 9.17) is 19.9 Å². The van der Waals surface area contributed by atoms with Gasteiger partial charge in [-0.2, -0.15) is 23.5 Å². The van der Waals surface area contributed by atoms with Crippen LogP contribution < -0.4 is 20.1 Å². The number of nitrogens with two attached hydrogens (primary N) is 1. The van der Waals surface area contributed by atoms with E-state index in [1.165, 1.54) is 4.90 Å². The van der Waals surface area contributed by atoms with Crippen molar-refractivity contribution in [3.8, 4) is 11.5 Å². The lowest BCUT2D eigenvalue weighted by Crippen LogP contribution is -2.40. The summed E-state index contributed by atoms with van der Waals surface area (Å²) in [5.74, 6) is 3.79. The Balaban J connectivity index is 1.46. The minimum Gasteiger partial charge on any atom is -0.489 e. The smallest absolute Gasteiger partial charge is 0.265 e. The Hall–Kier alpha value is -2.88. The summed E-state index contributed by atoms with van der Waals surface area (Å²) in [4.78, 5) is 28.2. The second kappa shape index (κ2) is 10.8. The second-order valence-corrected chi connectivity index (χ2v) is 10.5. The maximum atomic E-state index is 13.5. The van der Waals surface area contributed by atoms with E-state index in [9.17, 15) is 9.59 Å². The molecule has 2 amide bonds. The van der Waals surface area contributed by atoms with Crippen LogP contribution in [-0.2, 0) is 4.74 Å². The van der Waals surface area contributed by atoms with Gasteiger partial charge >= 0.3 is 0 Å². The maximum absolute atomic E-state index is 13.5. The summed E-state index contributed by atoms with van der Waals surface area (Å²) < 4.78 is 17.7. The summed E-state index contributed by atoms with van der Waals surface area (Å²) in [5.41, 5.74) is 7.99. The molecular formula is C26H26N2O5S2. The Morgan fingerprint density at radius 2 is 1.40 bits per heavy atom. The van der Waals surface area contributed by atoms with Crippen LogP contribution in [0.15, 0.2) is 48.5 Å². The van der Waals surface area contributed by atoms with Crippen LogP contribution in [0.4, 0.5) is 11.4 Å². The van der Waals surface area contributed by atoms with E-state index in [0.29, 0.717) is 58.0 Å². The van der Waals surface area contributed by atoms with Crippen molar-refractivity contribution in [3.05, 3.63) is 59.7 Å². The molecule has 0 saturated heterocycles. The van der Waals surface area contributed by atoms with E-state index in [-0.39, 0.29) is 11.8 Å². The van der Waals surface area contributed by atoms with Crippen molar-refractivity contribution in [2.24, 2.45) is 0 Å². The SMILES string of the molecule is Nc1ccc2c3c(cccc13)C(=O)N(c1ccc3c(c1)OCCSCCOCCSCCO3)C2=O. The summed E-state index contributed by atoms with van der Waals surface area (Å²) in [6, 6.07) is 13.9. The minimum absolute atomic E-state index is 0.385. The lowest BCUT2D eigenvalue weighted by atomic mass is 9.93. The van der Waals surface area contributed by atoms with E-state index in [0.717, 1.165) is 36.2 Å². The fourth-order valence-electron chi connectivity index (χ4n) is 4.18. The Morgan fingerprint density at radius 3 is 2.14 bits per heavy atom. The molecule has 2 N–H and O–H groups in total. The van der Waals surface area contributed by atoms with Gasteiger partial charge in [0.25, 0.3) is 11.8 Å². The van der Waals surface area contributed by atoms with Gasteiger partial charge in [0.05, 0.1) is 32.1 Å². The number of ether oxygens (including phenoxy) is 3. The zero-order valence-corrected chi connectivity index (χ0v) is 20.8. The van der Waals surface area contributed by atoms with E-state index in [1.54, 1.807) is 66.0 Å². The monoisotopic (exact) mass is 510 g/mol. The number of benzene rings is 3. The van der Waals surface area contributed by atoms with Crippen molar-refractivity contribution in [3.63, 3.8) is 0 Å². The quantitative estimate of drug-likeness (QED) is 0.379. The molecule has 0 unspecified atom stereocenters. The topological polar surface area (TPSA) is 91.1 Å². The molecule has 7 nitrogen and oxygen atoms in total. The number of hydrogen-bond donors (Lipinski definition) is 1. The van der Waals surface area contributed by atoms with Gasteiger partial charge in [0.1, 0.15) is 0 Å². The first-order valence-electron chi connectivity index (χ1n) is 11.5. The number of rotatable bonds is 1. The Kier molecular flexibility index (Phi) is 7.36. The van der Waals surface area contributed by atoms with Crippen molar-refractivity contribution in [2.45, 2.75) is 0 Å². The van der Waals surface area contributed by atoms with Gasteiger partial charge in [-0.25, -0.2) is 4.90 Å². The number of carbonyl (C=O) groups is 2. The van der Waals surface area contributed by atoms with Gasteiger partial charge in [0.2, 0.25) is 0 Å². The third kappa shape index (κ3) is 4.94. The average Bonchev–Trinajstić information content (AvgIpc) is 2.87. The van der Waals surface area contributed by atoms with E-state index in [1.807, 2.05) is 6.07 Å². The van der Waals surface area contributed by atoms with Crippen LogP contribution in [0.2, 0.25) is 0 Å². The van der Waals surface area contributed by atoms with E-state index in [2.05, 4.69) is 0 Å². The number of anilines is 2. The van der Waals surface area contributed by atoms with Crippen molar-refractivity contribution >= 4 is 57.5 Å². The van der Waals surface area contributed by atoms with Gasteiger partial charge in [-0.1, -0.05) is 12.1 Å². The van der Waals surface area contributed by atoms with E-state index < -0.39 is 0 Å². The number of carbonyl (C=O) groups excluding carboxylic acids is 2. The first kappa shape index (κ1) is 23.8. The molecule has 3 aromatic carbocycles. The molecule has 2 aliphatic rings. The Morgan fingerprint density at radius 1 is 0.743 bits per heavy atom. The summed E-state index contributed by atoms with van der Waals surface area (Å²) in [6.07, 6.45) is 0. The fourth-order valence-corrected chi connectivity index (χ4v) is 5.47. The molecular weight excluding hydrogens is 484 g/mol. The maximum Gasteiger partial charge on any atom is 0.265 e. The third-order valence-electron chi connectivity index (χ3n) is 5.84. The zero-order chi connectivity index (χ0) is 24.2. The van der Waals surface area contributed by atoms with Gasteiger partial charge in [-0.05, 0) is 30.3 Å². The number of imide groups is 1. The van der Waals surface area contributed by atoms with Gasteiger partial charge in [0.15, 0.2) is 11.5 Å². The molecule has 2 aliphatic heterocycles. The highest BCUT2D eigenvalue weighted by Gasteiger charge is 2.34. The molecule has 3 aromatic rings. The molecule has 0 spiro atoms. The number of nitrogens with zero attached hydrogens (tertiary/aromatic N) is 1. The fraction of sp³-hybridized carbons (Fsp3) is 0.308. The summed E-state index contributed by atoms with van der Waals surface area (Å²) >= 11 is 3.53. The molecule has 5 rings (SSSR count). The zero-order valence-electron chi connectivity index (χ0n) is 19.2. The average molecular weight is 511 g/mol. The van der Waals surface area contributed by atoms with Crippen molar-refractivity contribution in [1.29, 1.82) is 0 Å². The highest BCUT2D eigenvalue weighted by Crippen LogP contribution is 2.38. The molecule has 0 fully saturated rings. The minimum atomic E-state index is -0.385. The highest BCUT2D eigenvalue weighted by molar-refractivity contribution is 7.99. The summed E-state index contributed by atoms with van der Waals surface area (Å²) in [6.45, 7) is 2.46. The first-order chi connectivity index (χ1) is 17.1. The highest BCUT2D eigenvalue weighted by atomic mass is 32.2. The Bertz CT molecular complexity index is 1240. The van der Waals surface area contributed by atoms with Crippen LogP contribution in [0.5, 0.6) is 11.5 Å².